The predicted molar refractivity (Wildman–Crippen MR) is 92.8 cm³/mol. The van der Waals surface area contributed by atoms with Crippen molar-refractivity contribution in [3.05, 3.63) is 64.4 Å². The molecular formula is C18H18ClFN2O2. The molecule has 2 amide bonds. The lowest BCUT2D eigenvalue weighted by Crippen LogP contribution is -2.34. The van der Waals surface area contributed by atoms with Crippen LogP contribution in [0.2, 0.25) is 5.02 Å². The first-order chi connectivity index (χ1) is 11.3. The van der Waals surface area contributed by atoms with Crippen molar-refractivity contribution in [3.63, 3.8) is 0 Å². The standard InChI is InChI=1S/C18H18ClFN2O2/c1-11(9-13-3-5-14(19)6-4-13)21-18(24)16-10-15(22-12(2)23)7-8-17(16)20/h3-8,10-11H,9H2,1-2H3,(H,21,24)(H,22,23)/t11-/m1/s1. The number of halogens is 2. The van der Waals surface area contributed by atoms with E-state index in [0.717, 1.165) is 11.6 Å². The zero-order chi connectivity index (χ0) is 17.7. The maximum absolute atomic E-state index is 13.9. The van der Waals surface area contributed by atoms with Crippen molar-refractivity contribution in [1.82, 2.24) is 5.32 Å². The lowest BCUT2D eigenvalue weighted by atomic mass is 10.1. The van der Waals surface area contributed by atoms with Gasteiger partial charge in [0.15, 0.2) is 0 Å². The molecule has 0 saturated carbocycles. The molecule has 1 atom stereocenters. The first kappa shape index (κ1) is 17.9. The van der Waals surface area contributed by atoms with Crippen LogP contribution < -0.4 is 10.6 Å². The van der Waals surface area contributed by atoms with Crippen molar-refractivity contribution in [1.29, 1.82) is 0 Å². The van der Waals surface area contributed by atoms with Gasteiger partial charge in [0.1, 0.15) is 5.82 Å². The number of nitrogens with one attached hydrogen (secondary N) is 2. The summed E-state index contributed by atoms with van der Waals surface area (Å²) in [6, 6.07) is 11.0. The third-order valence-electron chi connectivity index (χ3n) is 3.36. The molecule has 0 radical (unpaired) electrons. The van der Waals surface area contributed by atoms with Crippen molar-refractivity contribution < 1.29 is 14.0 Å². The Labute approximate surface area is 145 Å². The van der Waals surface area contributed by atoms with E-state index in [2.05, 4.69) is 10.6 Å². The van der Waals surface area contributed by atoms with Gasteiger partial charge in [0.25, 0.3) is 5.91 Å². The number of amides is 2. The van der Waals surface area contributed by atoms with Crippen LogP contribution >= 0.6 is 11.6 Å². The average molecular weight is 349 g/mol. The van der Waals surface area contributed by atoms with Crippen LogP contribution in [0.1, 0.15) is 29.8 Å². The molecule has 0 aliphatic carbocycles. The van der Waals surface area contributed by atoms with Crippen molar-refractivity contribution in [2.75, 3.05) is 5.32 Å². The van der Waals surface area contributed by atoms with Crippen molar-refractivity contribution in [2.45, 2.75) is 26.3 Å². The van der Waals surface area contributed by atoms with E-state index in [1.807, 2.05) is 19.1 Å². The first-order valence-electron chi connectivity index (χ1n) is 7.47. The van der Waals surface area contributed by atoms with Gasteiger partial charge in [-0.25, -0.2) is 4.39 Å². The number of rotatable bonds is 5. The van der Waals surface area contributed by atoms with Gasteiger partial charge in [0.2, 0.25) is 5.91 Å². The van der Waals surface area contributed by atoms with Gasteiger partial charge in [-0.3, -0.25) is 9.59 Å². The van der Waals surface area contributed by atoms with E-state index in [1.165, 1.54) is 19.1 Å². The SMILES string of the molecule is CC(=O)Nc1ccc(F)c(C(=O)N[C@H](C)Cc2ccc(Cl)cc2)c1. The summed E-state index contributed by atoms with van der Waals surface area (Å²) in [7, 11) is 0. The Morgan fingerprint density at radius 2 is 1.83 bits per heavy atom. The van der Waals surface area contributed by atoms with Crippen LogP contribution in [0.5, 0.6) is 0 Å². The van der Waals surface area contributed by atoms with Crippen LogP contribution in [0.4, 0.5) is 10.1 Å². The minimum Gasteiger partial charge on any atom is -0.349 e. The van der Waals surface area contributed by atoms with Gasteiger partial charge in [-0.1, -0.05) is 23.7 Å². The van der Waals surface area contributed by atoms with Crippen LogP contribution in [0.25, 0.3) is 0 Å². The van der Waals surface area contributed by atoms with Crippen LogP contribution in [0.3, 0.4) is 0 Å². The maximum atomic E-state index is 13.9. The second kappa shape index (κ2) is 7.93. The molecule has 2 rings (SSSR count). The van der Waals surface area contributed by atoms with Gasteiger partial charge in [-0.2, -0.15) is 0 Å². The molecule has 2 aromatic rings. The molecule has 0 fully saturated rings. The molecule has 0 heterocycles. The Hall–Kier alpha value is -2.40. The molecule has 0 aromatic heterocycles. The third-order valence-corrected chi connectivity index (χ3v) is 3.62. The zero-order valence-corrected chi connectivity index (χ0v) is 14.2. The number of anilines is 1. The normalized spacial score (nSPS) is 11.7. The van der Waals surface area contributed by atoms with E-state index in [1.54, 1.807) is 12.1 Å². The smallest absolute Gasteiger partial charge is 0.254 e. The number of hydrogen-bond donors (Lipinski definition) is 2. The fourth-order valence-corrected chi connectivity index (χ4v) is 2.43. The highest BCUT2D eigenvalue weighted by Crippen LogP contribution is 2.16. The molecule has 2 aromatic carbocycles. The van der Waals surface area contributed by atoms with E-state index >= 15 is 0 Å². The van der Waals surface area contributed by atoms with Crippen LogP contribution in [-0.4, -0.2) is 17.9 Å². The molecule has 6 heteroatoms. The molecule has 2 N–H and O–H groups in total. The van der Waals surface area contributed by atoms with E-state index < -0.39 is 11.7 Å². The maximum Gasteiger partial charge on any atom is 0.254 e. The fourth-order valence-electron chi connectivity index (χ4n) is 2.31. The molecule has 4 nitrogen and oxygen atoms in total. The molecule has 0 saturated heterocycles. The highest BCUT2D eigenvalue weighted by atomic mass is 35.5. The lowest BCUT2D eigenvalue weighted by Gasteiger charge is -2.15. The van der Waals surface area contributed by atoms with Crippen molar-refractivity contribution in [3.8, 4) is 0 Å². The molecule has 126 valence electrons. The lowest BCUT2D eigenvalue weighted by molar-refractivity contribution is -0.114. The van der Waals surface area contributed by atoms with E-state index in [-0.39, 0.29) is 17.5 Å². The molecule has 0 spiro atoms. The van der Waals surface area contributed by atoms with E-state index in [0.29, 0.717) is 17.1 Å². The van der Waals surface area contributed by atoms with E-state index in [4.69, 9.17) is 11.6 Å². The summed E-state index contributed by atoms with van der Waals surface area (Å²) in [6.45, 7) is 3.18. The Morgan fingerprint density at radius 1 is 1.17 bits per heavy atom. The van der Waals surface area contributed by atoms with Crippen LogP contribution in [-0.2, 0) is 11.2 Å². The Balaban J connectivity index is 2.05. The summed E-state index contributed by atoms with van der Waals surface area (Å²) in [5, 5.41) is 5.93. The van der Waals surface area contributed by atoms with Crippen molar-refractivity contribution >= 4 is 29.1 Å². The summed E-state index contributed by atoms with van der Waals surface area (Å²) < 4.78 is 13.9. The van der Waals surface area contributed by atoms with Crippen LogP contribution in [0, 0.1) is 5.82 Å². The van der Waals surface area contributed by atoms with Gasteiger partial charge < -0.3 is 10.6 Å². The van der Waals surface area contributed by atoms with Gasteiger partial charge in [0.05, 0.1) is 5.56 Å². The molecule has 24 heavy (non-hydrogen) atoms. The van der Waals surface area contributed by atoms with E-state index in [9.17, 15) is 14.0 Å². The average Bonchev–Trinajstić information content (AvgIpc) is 2.51. The summed E-state index contributed by atoms with van der Waals surface area (Å²) >= 11 is 5.84. The summed E-state index contributed by atoms with van der Waals surface area (Å²) in [4.78, 5) is 23.3. The van der Waals surface area contributed by atoms with Crippen LogP contribution in [0.15, 0.2) is 42.5 Å². The monoisotopic (exact) mass is 348 g/mol. The summed E-state index contributed by atoms with van der Waals surface area (Å²) in [6.07, 6.45) is 0.593. The molecule has 0 aliphatic rings. The fraction of sp³-hybridized carbons (Fsp3) is 0.222. The van der Waals surface area contributed by atoms with Gasteiger partial charge >= 0.3 is 0 Å². The number of hydrogen-bond acceptors (Lipinski definition) is 2. The quantitative estimate of drug-likeness (QED) is 0.863. The highest BCUT2D eigenvalue weighted by molar-refractivity contribution is 6.30. The van der Waals surface area contributed by atoms with Crippen molar-refractivity contribution in [2.24, 2.45) is 0 Å². The Kier molecular flexibility index (Phi) is 5.93. The van der Waals surface area contributed by atoms with Gasteiger partial charge in [0, 0.05) is 23.7 Å². The molecule has 0 aliphatic heterocycles. The first-order valence-corrected chi connectivity index (χ1v) is 7.85. The third kappa shape index (κ3) is 5.06. The molecule has 0 unspecified atom stereocenters. The summed E-state index contributed by atoms with van der Waals surface area (Å²) in [5.74, 6) is -1.45. The Bertz CT molecular complexity index is 747. The number of carbonyl (C=O) groups is 2. The summed E-state index contributed by atoms with van der Waals surface area (Å²) in [5.41, 5.74) is 1.28. The topological polar surface area (TPSA) is 58.2 Å². The minimum atomic E-state index is -0.639. The second-order valence-corrected chi connectivity index (χ2v) is 6.02. The largest absolute Gasteiger partial charge is 0.349 e. The minimum absolute atomic E-state index is 0.107. The Morgan fingerprint density at radius 3 is 2.46 bits per heavy atom. The molecular weight excluding hydrogens is 331 g/mol. The van der Waals surface area contributed by atoms with Gasteiger partial charge in [-0.15, -0.1) is 0 Å². The highest BCUT2D eigenvalue weighted by Gasteiger charge is 2.15. The zero-order valence-electron chi connectivity index (χ0n) is 13.4. The molecule has 0 bridgehead atoms. The number of carbonyl (C=O) groups excluding carboxylic acids is 2. The second-order valence-electron chi connectivity index (χ2n) is 5.58. The number of benzene rings is 2. The van der Waals surface area contributed by atoms with Gasteiger partial charge in [-0.05, 0) is 49.2 Å². The predicted octanol–water partition coefficient (Wildman–Crippen LogP) is 3.80.